The number of H-pyrrole nitrogens is 1. The van der Waals surface area contributed by atoms with E-state index in [1.54, 1.807) is 30.3 Å². The Labute approximate surface area is 229 Å². The molecule has 4 amide bonds. The van der Waals surface area contributed by atoms with Gasteiger partial charge in [0, 0.05) is 24.4 Å². The highest BCUT2D eigenvalue weighted by atomic mass is 16.2. The van der Waals surface area contributed by atoms with Crippen LogP contribution in [0.4, 0.5) is 0 Å². The maximum absolute atomic E-state index is 12.0. The lowest BCUT2D eigenvalue weighted by Crippen LogP contribution is -2.49. The van der Waals surface area contributed by atoms with Crippen molar-refractivity contribution in [1.29, 1.82) is 0 Å². The van der Waals surface area contributed by atoms with Crippen molar-refractivity contribution >= 4 is 29.4 Å². The number of benzene rings is 1. The topological polar surface area (TPSA) is 166 Å². The Bertz CT molecular complexity index is 1090. The largest absolute Gasteiger partial charge is 0.347 e. The Morgan fingerprint density at radius 3 is 1.95 bits per heavy atom. The van der Waals surface area contributed by atoms with Gasteiger partial charge in [-0.2, -0.15) is 0 Å². The third-order valence-electron chi connectivity index (χ3n) is 4.19. The lowest BCUT2D eigenvalue weighted by Gasteiger charge is -2.14. The second-order valence-electron chi connectivity index (χ2n) is 9.16. The molecular weight excluding hydrogens is 502 g/mol. The second kappa shape index (κ2) is 19.8. The van der Waals surface area contributed by atoms with Crippen LogP contribution < -0.4 is 26.8 Å². The van der Waals surface area contributed by atoms with E-state index in [2.05, 4.69) is 60.9 Å². The van der Waals surface area contributed by atoms with E-state index in [9.17, 15) is 28.8 Å². The summed E-state index contributed by atoms with van der Waals surface area (Å²) in [5.41, 5.74) is 0.688. The van der Waals surface area contributed by atoms with Gasteiger partial charge in [-0.15, -0.1) is 0 Å². The standard InChI is InChI=1S/C21H23N5O6.C4H10.C3H8/c1-13(26-18(29)12-25-20(31)15-5-3-2-4-6-15)19(30)24-11-16(27)21(32)23-10-14-7-8-17(28)22-9-14;1-4(2)3;1-3-2/h2-9,13H,10-12H2,1H3,(H,22,28)(H,23,32)(H,24,30)(H,25,31)(H,26,29);4H,1-3H3;3H2,1-2H3/t13-;;/m0../s1. The first-order valence-corrected chi connectivity index (χ1v) is 12.8. The predicted octanol–water partition coefficient (Wildman–Crippen LogP) is 1.69. The maximum atomic E-state index is 12.0. The number of aromatic amines is 1. The molecule has 0 aliphatic carbocycles. The van der Waals surface area contributed by atoms with E-state index < -0.39 is 42.0 Å². The van der Waals surface area contributed by atoms with E-state index in [0.717, 1.165) is 5.92 Å². The molecular formula is C28H41N5O6. The van der Waals surface area contributed by atoms with Crippen LogP contribution in [0.15, 0.2) is 53.5 Å². The maximum Gasteiger partial charge on any atom is 0.289 e. The number of carbonyl (C=O) groups is 5. The fraction of sp³-hybridized carbons (Fsp3) is 0.429. The van der Waals surface area contributed by atoms with Gasteiger partial charge < -0.3 is 26.3 Å². The molecule has 1 aromatic carbocycles. The Morgan fingerprint density at radius 2 is 1.41 bits per heavy atom. The molecule has 0 saturated carbocycles. The molecule has 214 valence electrons. The first-order valence-electron chi connectivity index (χ1n) is 12.8. The van der Waals surface area contributed by atoms with Crippen molar-refractivity contribution in [1.82, 2.24) is 26.3 Å². The molecule has 2 rings (SSSR count). The van der Waals surface area contributed by atoms with Crippen LogP contribution in [0.5, 0.6) is 0 Å². The van der Waals surface area contributed by atoms with E-state index in [1.165, 1.54) is 31.7 Å². The summed E-state index contributed by atoms with van der Waals surface area (Å²) in [6.07, 6.45) is 2.65. The molecule has 11 heteroatoms. The molecule has 1 aromatic heterocycles. The first-order chi connectivity index (χ1) is 18.4. The summed E-state index contributed by atoms with van der Waals surface area (Å²) in [5.74, 6) is -2.65. The van der Waals surface area contributed by atoms with Gasteiger partial charge >= 0.3 is 0 Å². The molecule has 0 unspecified atom stereocenters. The van der Waals surface area contributed by atoms with Crippen molar-refractivity contribution in [3.63, 3.8) is 0 Å². The Kier molecular flexibility index (Phi) is 17.6. The van der Waals surface area contributed by atoms with Gasteiger partial charge in [-0.1, -0.05) is 65.3 Å². The summed E-state index contributed by atoms with van der Waals surface area (Å²) in [7, 11) is 0. The minimum Gasteiger partial charge on any atom is -0.347 e. The van der Waals surface area contributed by atoms with Crippen molar-refractivity contribution in [2.75, 3.05) is 13.1 Å². The average Bonchev–Trinajstić information content (AvgIpc) is 2.90. The van der Waals surface area contributed by atoms with Crippen LogP contribution in [0.3, 0.4) is 0 Å². The minimum absolute atomic E-state index is 0.0243. The van der Waals surface area contributed by atoms with Gasteiger partial charge in [0.15, 0.2) is 0 Å². The van der Waals surface area contributed by atoms with Crippen LogP contribution in [0, 0.1) is 5.92 Å². The van der Waals surface area contributed by atoms with Crippen molar-refractivity contribution < 1.29 is 24.0 Å². The Hall–Kier alpha value is -4.28. The highest BCUT2D eigenvalue weighted by Crippen LogP contribution is 1.97. The van der Waals surface area contributed by atoms with Crippen LogP contribution >= 0.6 is 0 Å². The van der Waals surface area contributed by atoms with Gasteiger partial charge in [0.05, 0.1) is 13.1 Å². The van der Waals surface area contributed by atoms with Gasteiger partial charge in [-0.05, 0) is 30.5 Å². The summed E-state index contributed by atoms with van der Waals surface area (Å²) in [6.45, 7) is 11.3. The molecule has 5 N–H and O–H groups in total. The second-order valence-corrected chi connectivity index (χ2v) is 9.16. The molecule has 0 fully saturated rings. The molecule has 11 nitrogen and oxygen atoms in total. The van der Waals surface area contributed by atoms with Crippen LogP contribution in [0.25, 0.3) is 0 Å². The summed E-state index contributed by atoms with van der Waals surface area (Å²) < 4.78 is 0. The van der Waals surface area contributed by atoms with E-state index in [1.807, 2.05) is 0 Å². The zero-order chi connectivity index (χ0) is 29.8. The minimum atomic E-state index is -0.992. The van der Waals surface area contributed by atoms with Gasteiger partial charge in [0.2, 0.25) is 23.2 Å². The summed E-state index contributed by atoms with van der Waals surface area (Å²) in [5, 5.41) is 9.45. The lowest BCUT2D eigenvalue weighted by atomic mass is 10.2. The number of hydrogen-bond acceptors (Lipinski definition) is 6. The summed E-state index contributed by atoms with van der Waals surface area (Å²) in [4.78, 5) is 73.0. The van der Waals surface area contributed by atoms with Crippen molar-refractivity contribution in [3.05, 3.63) is 70.1 Å². The van der Waals surface area contributed by atoms with E-state index >= 15 is 0 Å². The predicted molar refractivity (Wildman–Crippen MR) is 150 cm³/mol. The number of ketones is 1. The van der Waals surface area contributed by atoms with Crippen molar-refractivity contribution in [2.45, 2.75) is 60.5 Å². The van der Waals surface area contributed by atoms with Crippen LogP contribution in [-0.2, 0) is 25.7 Å². The fourth-order valence-corrected chi connectivity index (χ4v) is 2.44. The highest BCUT2D eigenvalue weighted by molar-refractivity contribution is 6.37. The first kappa shape index (κ1) is 34.7. The van der Waals surface area contributed by atoms with E-state index in [0.29, 0.717) is 11.1 Å². The number of hydrogen-bond donors (Lipinski definition) is 5. The summed E-state index contributed by atoms with van der Waals surface area (Å²) >= 11 is 0. The van der Waals surface area contributed by atoms with E-state index in [-0.39, 0.29) is 18.6 Å². The smallest absolute Gasteiger partial charge is 0.289 e. The molecule has 1 atom stereocenters. The third-order valence-corrected chi connectivity index (χ3v) is 4.19. The van der Waals surface area contributed by atoms with Crippen LogP contribution in [0.2, 0.25) is 0 Å². The summed E-state index contributed by atoms with van der Waals surface area (Å²) in [6, 6.07) is 10.1. The highest BCUT2D eigenvalue weighted by Gasteiger charge is 2.19. The number of nitrogens with one attached hydrogen (secondary N) is 5. The number of carbonyl (C=O) groups excluding carboxylic acids is 5. The Morgan fingerprint density at radius 1 is 0.821 bits per heavy atom. The normalized spacial score (nSPS) is 10.4. The van der Waals surface area contributed by atoms with Gasteiger partial charge in [0.25, 0.3) is 11.8 Å². The fourth-order valence-electron chi connectivity index (χ4n) is 2.44. The van der Waals surface area contributed by atoms with Crippen molar-refractivity contribution in [2.24, 2.45) is 5.92 Å². The molecule has 0 aliphatic heterocycles. The molecule has 0 aliphatic rings. The van der Waals surface area contributed by atoms with Crippen LogP contribution in [0.1, 0.15) is 63.9 Å². The van der Waals surface area contributed by atoms with Crippen molar-refractivity contribution in [3.8, 4) is 0 Å². The van der Waals surface area contributed by atoms with Gasteiger partial charge in [-0.3, -0.25) is 28.8 Å². The molecule has 1 heterocycles. The quantitative estimate of drug-likeness (QED) is 0.286. The number of aromatic nitrogens is 1. The molecule has 0 bridgehead atoms. The van der Waals surface area contributed by atoms with Gasteiger partial charge in [0.1, 0.15) is 6.04 Å². The zero-order valence-electron chi connectivity index (χ0n) is 23.6. The average molecular weight is 544 g/mol. The lowest BCUT2D eigenvalue weighted by molar-refractivity contribution is -0.138. The number of amides is 4. The SMILES string of the molecule is CC(C)C.CCC.C[C@H](NC(=O)CNC(=O)c1ccccc1)C(=O)NCC(=O)C(=O)NCc1ccc(=O)[nH]c1. The number of rotatable bonds is 10. The Balaban J connectivity index is 0.00000185. The zero-order valence-corrected chi connectivity index (χ0v) is 23.6. The third kappa shape index (κ3) is 17.0. The van der Waals surface area contributed by atoms with E-state index in [4.69, 9.17) is 0 Å². The van der Waals surface area contributed by atoms with Crippen LogP contribution in [-0.4, -0.2) is 53.5 Å². The molecule has 39 heavy (non-hydrogen) atoms. The molecule has 0 spiro atoms. The monoisotopic (exact) mass is 543 g/mol. The molecule has 2 aromatic rings. The number of Topliss-reactive ketones (excluding diaryl/α,β-unsaturated/α-hetero) is 1. The van der Waals surface area contributed by atoms with Gasteiger partial charge in [-0.25, -0.2) is 0 Å². The molecule has 0 saturated heterocycles. The number of pyridine rings is 1. The molecule has 0 radical (unpaired) electrons.